The van der Waals surface area contributed by atoms with Crippen molar-refractivity contribution in [2.24, 2.45) is 0 Å². The van der Waals surface area contributed by atoms with Crippen LogP contribution in [-0.2, 0) is 16.6 Å². The molecule has 4 nitrogen and oxygen atoms in total. The van der Waals surface area contributed by atoms with E-state index in [0.717, 1.165) is 11.1 Å². The van der Waals surface area contributed by atoms with E-state index in [-0.39, 0.29) is 5.41 Å². The first-order chi connectivity index (χ1) is 18.6. The molecule has 0 aliphatic rings. The topological polar surface area (TPSA) is 58.9 Å². The maximum atomic E-state index is 11.4. The molecule has 0 bridgehead atoms. The summed E-state index contributed by atoms with van der Waals surface area (Å²) in [4.78, 5) is 0. The summed E-state index contributed by atoms with van der Waals surface area (Å²) in [5.74, 6) is 6.48. The Morgan fingerprint density at radius 1 is 0.487 bits per heavy atom. The molecule has 0 saturated heterocycles. The zero-order valence-corrected chi connectivity index (χ0v) is 22.6. The van der Waals surface area contributed by atoms with Crippen LogP contribution in [0.5, 0.6) is 11.5 Å². The van der Waals surface area contributed by atoms with Crippen LogP contribution >= 0.6 is 0 Å². The van der Waals surface area contributed by atoms with Crippen LogP contribution < -0.4 is 9.47 Å². The third-order valence-electron chi connectivity index (χ3n) is 7.48. The number of hydrogen-bond donors (Lipinski definition) is 2. The summed E-state index contributed by atoms with van der Waals surface area (Å²) in [7, 11) is 3.18. The van der Waals surface area contributed by atoms with Crippen molar-refractivity contribution in [3.8, 4) is 36.2 Å². The van der Waals surface area contributed by atoms with Gasteiger partial charge in [-0.3, -0.25) is 0 Å². The second-order valence-corrected chi connectivity index (χ2v) is 9.95. The molecule has 2 unspecified atom stereocenters. The third kappa shape index (κ3) is 5.01. The summed E-state index contributed by atoms with van der Waals surface area (Å²) in [5, 5.41) is 22.7. The summed E-state index contributed by atoms with van der Waals surface area (Å²) in [6.07, 6.45) is 11.6. The molecule has 0 amide bonds. The molecule has 4 aromatic carbocycles. The number of ether oxygens (including phenoxy) is 2. The van der Waals surface area contributed by atoms with Gasteiger partial charge in [-0.1, -0.05) is 98.5 Å². The van der Waals surface area contributed by atoms with Gasteiger partial charge in [0.15, 0.2) is 11.2 Å². The van der Waals surface area contributed by atoms with Crippen LogP contribution in [0.25, 0.3) is 0 Å². The quantitative estimate of drug-likeness (QED) is 0.292. The lowest BCUT2D eigenvalue weighted by Crippen LogP contribution is -2.26. The molecule has 0 aromatic heterocycles. The summed E-state index contributed by atoms with van der Waals surface area (Å²) in [5.41, 5.74) is 0.936. The molecule has 2 atom stereocenters. The molecular weight excluding hydrogens is 484 g/mol. The van der Waals surface area contributed by atoms with Gasteiger partial charge in [0.2, 0.25) is 0 Å². The normalized spacial score (nSPS) is 14.3. The minimum atomic E-state index is -1.57. The fourth-order valence-electron chi connectivity index (χ4n) is 4.75. The minimum Gasteiger partial charge on any atom is -0.497 e. The van der Waals surface area contributed by atoms with E-state index < -0.39 is 11.2 Å². The summed E-state index contributed by atoms with van der Waals surface area (Å²) in [6, 6.07) is 29.5. The molecule has 0 aliphatic carbocycles. The van der Waals surface area contributed by atoms with Crippen molar-refractivity contribution >= 4 is 0 Å². The van der Waals surface area contributed by atoms with Crippen molar-refractivity contribution in [1.82, 2.24) is 0 Å². The number of hydrogen-bond acceptors (Lipinski definition) is 4. The number of terminal acetylenes is 2. The highest BCUT2D eigenvalue weighted by Crippen LogP contribution is 2.37. The molecule has 4 heteroatoms. The Balaban J connectivity index is 1.61. The van der Waals surface area contributed by atoms with Gasteiger partial charge in [0.05, 0.1) is 14.2 Å². The fraction of sp³-hybridized carbons (Fsp3) is 0.200. The van der Waals surface area contributed by atoms with Gasteiger partial charge < -0.3 is 19.7 Å². The van der Waals surface area contributed by atoms with Gasteiger partial charge in [0.25, 0.3) is 0 Å². The van der Waals surface area contributed by atoms with Crippen LogP contribution in [0.2, 0.25) is 0 Å². The molecule has 0 spiro atoms. The van der Waals surface area contributed by atoms with Gasteiger partial charge in [0.1, 0.15) is 11.5 Å². The van der Waals surface area contributed by atoms with E-state index in [0.29, 0.717) is 33.8 Å². The van der Waals surface area contributed by atoms with Crippen LogP contribution in [0, 0.1) is 24.7 Å². The van der Waals surface area contributed by atoms with E-state index in [1.165, 1.54) is 0 Å². The SMILES string of the molecule is C#CC(O)(c1ccc(OC)cc1)c1ccc(C(C)(C)c2ccc(C(O)(C#C)c3ccc(OC)cc3)cc2)cc1. The smallest absolute Gasteiger partial charge is 0.176 e. The molecule has 0 fully saturated rings. The Bertz CT molecular complexity index is 1390. The summed E-state index contributed by atoms with van der Waals surface area (Å²) >= 11 is 0. The fourth-order valence-corrected chi connectivity index (χ4v) is 4.75. The maximum Gasteiger partial charge on any atom is 0.176 e. The van der Waals surface area contributed by atoms with Crippen molar-refractivity contribution in [2.45, 2.75) is 30.5 Å². The standard InChI is InChI=1S/C35H32O4/c1-7-34(36,29-17-21-31(38-5)22-18-29)27-13-9-25(10-14-27)33(3,4)26-11-15-28(16-12-26)35(37,8-2)30-19-23-32(39-6)24-20-30/h1-2,9-24,36-37H,3-6H3. The van der Waals surface area contributed by atoms with Crippen molar-refractivity contribution in [2.75, 3.05) is 14.2 Å². The second-order valence-electron chi connectivity index (χ2n) is 9.95. The van der Waals surface area contributed by atoms with E-state index in [2.05, 4.69) is 25.7 Å². The lowest BCUT2D eigenvalue weighted by atomic mass is 9.76. The van der Waals surface area contributed by atoms with Gasteiger partial charge in [-0.05, 0) is 35.4 Å². The first kappa shape index (κ1) is 27.6. The van der Waals surface area contributed by atoms with E-state index >= 15 is 0 Å². The number of methoxy groups -OCH3 is 2. The molecule has 2 N–H and O–H groups in total. The predicted octanol–water partition coefficient (Wildman–Crippen LogP) is 5.77. The average Bonchev–Trinajstić information content (AvgIpc) is 3.00. The highest BCUT2D eigenvalue weighted by Gasteiger charge is 2.32. The zero-order valence-electron chi connectivity index (χ0n) is 22.6. The van der Waals surface area contributed by atoms with Gasteiger partial charge >= 0.3 is 0 Å². The van der Waals surface area contributed by atoms with Crippen LogP contribution in [-0.4, -0.2) is 24.4 Å². The Kier molecular flexibility index (Phi) is 7.57. The molecular formula is C35H32O4. The van der Waals surface area contributed by atoms with Crippen LogP contribution in [0.1, 0.15) is 47.2 Å². The second kappa shape index (κ2) is 10.7. The lowest BCUT2D eigenvalue weighted by molar-refractivity contribution is 0.145. The third-order valence-corrected chi connectivity index (χ3v) is 7.48. The first-order valence-electron chi connectivity index (χ1n) is 12.5. The largest absolute Gasteiger partial charge is 0.497 e. The van der Waals surface area contributed by atoms with Crippen molar-refractivity contribution in [3.63, 3.8) is 0 Å². The lowest BCUT2D eigenvalue weighted by Gasteiger charge is -2.29. The molecule has 0 heterocycles. The Morgan fingerprint density at radius 2 is 0.718 bits per heavy atom. The predicted molar refractivity (Wildman–Crippen MR) is 155 cm³/mol. The molecule has 0 radical (unpaired) electrons. The first-order valence-corrected chi connectivity index (χ1v) is 12.5. The molecule has 0 aliphatic heterocycles. The Hall–Kier alpha value is -4.48. The highest BCUT2D eigenvalue weighted by molar-refractivity contribution is 5.50. The van der Waals surface area contributed by atoms with E-state index in [1.54, 1.807) is 62.8 Å². The summed E-state index contributed by atoms with van der Waals surface area (Å²) < 4.78 is 10.4. The maximum absolute atomic E-state index is 11.4. The van der Waals surface area contributed by atoms with E-state index in [4.69, 9.17) is 22.3 Å². The zero-order chi connectivity index (χ0) is 28.3. The average molecular weight is 517 g/mol. The summed E-state index contributed by atoms with van der Waals surface area (Å²) in [6.45, 7) is 4.23. The molecule has 0 saturated carbocycles. The van der Waals surface area contributed by atoms with Gasteiger partial charge in [0, 0.05) is 27.7 Å². The minimum absolute atomic E-state index is 0.375. The van der Waals surface area contributed by atoms with Crippen LogP contribution in [0.15, 0.2) is 97.1 Å². The van der Waals surface area contributed by atoms with E-state index in [9.17, 15) is 10.2 Å². The molecule has 196 valence electrons. The van der Waals surface area contributed by atoms with Crippen molar-refractivity contribution in [1.29, 1.82) is 0 Å². The highest BCUT2D eigenvalue weighted by atomic mass is 16.5. The molecule has 4 aromatic rings. The Morgan fingerprint density at radius 3 is 0.949 bits per heavy atom. The molecule has 39 heavy (non-hydrogen) atoms. The van der Waals surface area contributed by atoms with Gasteiger partial charge in [-0.15, -0.1) is 12.8 Å². The Labute approximate surface area is 230 Å². The van der Waals surface area contributed by atoms with Gasteiger partial charge in [-0.25, -0.2) is 0 Å². The van der Waals surface area contributed by atoms with Gasteiger partial charge in [-0.2, -0.15) is 0 Å². The van der Waals surface area contributed by atoms with Crippen LogP contribution in [0.3, 0.4) is 0 Å². The number of benzene rings is 4. The molecule has 4 rings (SSSR count). The van der Waals surface area contributed by atoms with Crippen LogP contribution in [0.4, 0.5) is 0 Å². The van der Waals surface area contributed by atoms with Crippen molar-refractivity contribution < 1.29 is 19.7 Å². The number of aliphatic hydroxyl groups is 2. The van der Waals surface area contributed by atoms with Crippen molar-refractivity contribution in [3.05, 3.63) is 130 Å². The van der Waals surface area contributed by atoms with E-state index in [1.807, 2.05) is 48.5 Å². The monoisotopic (exact) mass is 516 g/mol. The number of rotatable bonds is 8.